The topological polar surface area (TPSA) is 40.5 Å². The number of amides is 1. The molecule has 86 valence electrons. The summed E-state index contributed by atoms with van der Waals surface area (Å²) in [5, 5.41) is 8.94. The minimum Gasteiger partial charge on any atom is -0.465 e. The van der Waals surface area contributed by atoms with Gasteiger partial charge in [0.1, 0.15) is 6.17 Å². The monoisotopic (exact) mass is 223 g/mol. The number of rotatable bonds is 2. The second-order valence-electron chi connectivity index (χ2n) is 4.04. The van der Waals surface area contributed by atoms with E-state index in [1.54, 1.807) is 0 Å². The third-order valence-electron chi connectivity index (χ3n) is 3.00. The molecule has 1 saturated heterocycles. The molecule has 0 bridgehead atoms. The van der Waals surface area contributed by atoms with Crippen molar-refractivity contribution in [3.8, 4) is 0 Å². The Hall–Kier alpha value is -1.58. The van der Waals surface area contributed by atoms with E-state index in [0.29, 0.717) is 19.4 Å². The predicted molar refractivity (Wildman–Crippen MR) is 58.2 cm³/mol. The Morgan fingerprint density at radius 3 is 2.75 bits per heavy atom. The number of carbonyl (C=O) groups is 1. The molecule has 1 aliphatic heterocycles. The summed E-state index contributed by atoms with van der Waals surface area (Å²) in [6, 6.07) is 8.90. The zero-order valence-corrected chi connectivity index (χ0v) is 8.84. The number of nitrogens with zero attached hydrogens (tertiary/aromatic N) is 1. The van der Waals surface area contributed by atoms with Crippen LogP contribution in [-0.4, -0.2) is 34.9 Å². The maximum absolute atomic E-state index is 13.6. The molecule has 1 aromatic carbocycles. The molecule has 16 heavy (non-hydrogen) atoms. The van der Waals surface area contributed by atoms with Gasteiger partial charge in [0.2, 0.25) is 0 Å². The summed E-state index contributed by atoms with van der Waals surface area (Å²) in [5.74, 6) is 0. The van der Waals surface area contributed by atoms with Gasteiger partial charge in [-0.1, -0.05) is 30.3 Å². The van der Waals surface area contributed by atoms with Crippen molar-refractivity contribution in [2.24, 2.45) is 0 Å². The van der Waals surface area contributed by atoms with E-state index < -0.39 is 18.3 Å². The molecule has 1 amide bonds. The van der Waals surface area contributed by atoms with Crippen molar-refractivity contribution in [1.82, 2.24) is 4.90 Å². The van der Waals surface area contributed by atoms with Crippen LogP contribution in [0.5, 0.6) is 0 Å². The van der Waals surface area contributed by atoms with Gasteiger partial charge in [-0.3, -0.25) is 0 Å². The lowest BCUT2D eigenvalue weighted by molar-refractivity contribution is 0.128. The summed E-state index contributed by atoms with van der Waals surface area (Å²) < 4.78 is 13.6. The normalized spacial score (nSPS) is 24.7. The molecule has 3 nitrogen and oxygen atoms in total. The Morgan fingerprint density at radius 1 is 1.44 bits per heavy atom. The van der Waals surface area contributed by atoms with Crippen molar-refractivity contribution >= 4 is 6.09 Å². The van der Waals surface area contributed by atoms with E-state index in [2.05, 4.69) is 0 Å². The van der Waals surface area contributed by atoms with Crippen molar-refractivity contribution in [2.75, 3.05) is 6.54 Å². The first-order chi connectivity index (χ1) is 7.68. The molecule has 0 saturated carbocycles. The Balaban J connectivity index is 2.10. The molecule has 1 heterocycles. The fraction of sp³-hybridized carbons (Fsp3) is 0.417. The Morgan fingerprint density at radius 2 is 2.12 bits per heavy atom. The first-order valence-electron chi connectivity index (χ1n) is 5.36. The molecule has 1 aromatic rings. The van der Waals surface area contributed by atoms with Crippen LogP contribution in [0.25, 0.3) is 0 Å². The maximum Gasteiger partial charge on any atom is 0.407 e. The third kappa shape index (κ3) is 2.15. The van der Waals surface area contributed by atoms with Gasteiger partial charge in [0.15, 0.2) is 0 Å². The molecule has 1 N–H and O–H groups in total. The smallest absolute Gasteiger partial charge is 0.407 e. The van der Waals surface area contributed by atoms with E-state index in [1.165, 1.54) is 4.90 Å². The molecule has 0 aromatic heterocycles. The molecule has 2 unspecified atom stereocenters. The predicted octanol–water partition coefficient (Wildman–Crippen LogP) is 2.32. The lowest BCUT2D eigenvalue weighted by Gasteiger charge is -2.22. The number of alkyl halides is 1. The number of likely N-dealkylation sites (tertiary alicyclic amines) is 1. The molecule has 4 heteroatoms. The highest BCUT2D eigenvalue weighted by molar-refractivity contribution is 5.66. The first kappa shape index (κ1) is 10.9. The largest absolute Gasteiger partial charge is 0.465 e. The van der Waals surface area contributed by atoms with Crippen LogP contribution < -0.4 is 0 Å². The Bertz CT molecular complexity index is 369. The highest BCUT2D eigenvalue weighted by Gasteiger charge is 2.37. The zero-order valence-electron chi connectivity index (χ0n) is 8.84. The standard InChI is InChI=1S/C12H14FNO2/c13-10-6-7-14(12(15)16)11(10)8-9-4-2-1-3-5-9/h1-5,10-11H,6-8H2,(H,15,16). The van der Waals surface area contributed by atoms with Crippen molar-refractivity contribution in [3.63, 3.8) is 0 Å². The van der Waals surface area contributed by atoms with Crippen LogP contribution in [0, 0.1) is 0 Å². The summed E-state index contributed by atoms with van der Waals surface area (Å²) in [5.41, 5.74) is 0.975. The molecule has 1 fully saturated rings. The fourth-order valence-electron chi connectivity index (χ4n) is 2.15. The van der Waals surface area contributed by atoms with Crippen LogP contribution in [0.15, 0.2) is 30.3 Å². The lowest BCUT2D eigenvalue weighted by atomic mass is 10.0. The van der Waals surface area contributed by atoms with Crippen molar-refractivity contribution in [3.05, 3.63) is 35.9 Å². The van der Waals surface area contributed by atoms with Gasteiger partial charge in [-0.25, -0.2) is 9.18 Å². The fourth-order valence-corrected chi connectivity index (χ4v) is 2.15. The van der Waals surface area contributed by atoms with Crippen LogP contribution in [0.1, 0.15) is 12.0 Å². The minimum atomic E-state index is -1.05. The Kier molecular flexibility index (Phi) is 3.08. The third-order valence-corrected chi connectivity index (χ3v) is 3.00. The molecule has 0 aliphatic carbocycles. The molecule has 1 aliphatic rings. The average Bonchev–Trinajstić information content (AvgIpc) is 2.62. The number of hydrogen-bond donors (Lipinski definition) is 1. The summed E-state index contributed by atoms with van der Waals surface area (Å²) >= 11 is 0. The molecular weight excluding hydrogens is 209 g/mol. The molecule has 0 spiro atoms. The molecule has 0 radical (unpaired) electrons. The number of carboxylic acid groups (broad SMARTS) is 1. The van der Waals surface area contributed by atoms with E-state index in [4.69, 9.17) is 5.11 Å². The van der Waals surface area contributed by atoms with Crippen LogP contribution in [0.4, 0.5) is 9.18 Å². The van der Waals surface area contributed by atoms with E-state index >= 15 is 0 Å². The van der Waals surface area contributed by atoms with Crippen LogP contribution in [-0.2, 0) is 6.42 Å². The first-order valence-corrected chi connectivity index (χ1v) is 5.36. The van der Waals surface area contributed by atoms with Gasteiger partial charge >= 0.3 is 6.09 Å². The minimum absolute atomic E-state index is 0.300. The van der Waals surface area contributed by atoms with E-state index in [1.807, 2.05) is 30.3 Å². The van der Waals surface area contributed by atoms with Crippen LogP contribution in [0.2, 0.25) is 0 Å². The van der Waals surface area contributed by atoms with E-state index in [-0.39, 0.29) is 0 Å². The summed E-state index contributed by atoms with van der Waals surface area (Å²) in [7, 11) is 0. The van der Waals surface area contributed by atoms with Crippen LogP contribution in [0.3, 0.4) is 0 Å². The quantitative estimate of drug-likeness (QED) is 0.835. The molecular formula is C12H14FNO2. The molecule has 2 atom stereocenters. The van der Waals surface area contributed by atoms with Gasteiger partial charge in [0.05, 0.1) is 6.04 Å². The van der Waals surface area contributed by atoms with Crippen molar-refractivity contribution < 1.29 is 14.3 Å². The summed E-state index contributed by atoms with van der Waals surface area (Å²) in [6.07, 6.45) is -1.31. The van der Waals surface area contributed by atoms with Gasteiger partial charge in [0.25, 0.3) is 0 Å². The maximum atomic E-state index is 13.6. The second-order valence-corrected chi connectivity index (χ2v) is 4.04. The number of benzene rings is 1. The molecule has 2 rings (SSSR count). The number of halogens is 1. The van der Waals surface area contributed by atoms with E-state index in [9.17, 15) is 9.18 Å². The van der Waals surface area contributed by atoms with Gasteiger partial charge < -0.3 is 10.0 Å². The number of hydrogen-bond acceptors (Lipinski definition) is 1. The SMILES string of the molecule is O=C(O)N1CCC(F)C1Cc1ccccc1. The second kappa shape index (κ2) is 4.51. The lowest BCUT2D eigenvalue weighted by Crippen LogP contribution is -2.39. The van der Waals surface area contributed by atoms with Gasteiger partial charge in [-0.2, -0.15) is 0 Å². The van der Waals surface area contributed by atoms with Crippen molar-refractivity contribution in [2.45, 2.75) is 25.1 Å². The Labute approximate surface area is 93.5 Å². The summed E-state index contributed by atoms with van der Waals surface area (Å²) in [4.78, 5) is 12.1. The average molecular weight is 223 g/mol. The van der Waals surface area contributed by atoms with Gasteiger partial charge in [0, 0.05) is 6.54 Å². The van der Waals surface area contributed by atoms with Gasteiger partial charge in [-0.15, -0.1) is 0 Å². The summed E-state index contributed by atoms with van der Waals surface area (Å²) in [6.45, 7) is 0.300. The van der Waals surface area contributed by atoms with Crippen LogP contribution >= 0.6 is 0 Å². The van der Waals surface area contributed by atoms with E-state index in [0.717, 1.165) is 5.56 Å². The zero-order chi connectivity index (χ0) is 11.5. The van der Waals surface area contributed by atoms with Crippen molar-refractivity contribution in [1.29, 1.82) is 0 Å². The highest BCUT2D eigenvalue weighted by Crippen LogP contribution is 2.24. The highest BCUT2D eigenvalue weighted by atomic mass is 19.1. The van der Waals surface area contributed by atoms with Gasteiger partial charge in [-0.05, 0) is 18.4 Å².